The zero-order chi connectivity index (χ0) is 9.90. The summed E-state index contributed by atoms with van der Waals surface area (Å²) in [6, 6.07) is 2.13. The van der Waals surface area contributed by atoms with E-state index in [2.05, 4.69) is 17.9 Å². The lowest BCUT2D eigenvalue weighted by Crippen LogP contribution is -2.38. The lowest BCUT2D eigenvalue weighted by molar-refractivity contribution is 0.301. The van der Waals surface area contributed by atoms with Gasteiger partial charge in [-0.25, -0.2) is 0 Å². The predicted molar refractivity (Wildman–Crippen MR) is 53.0 cm³/mol. The molecule has 1 heterocycles. The lowest BCUT2D eigenvalue weighted by atomic mass is 10.0. The Hall–Kier alpha value is -0.590. The van der Waals surface area contributed by atoms with Gasteiger partial charge in [-0.3, -0.25) is 0 Å². The normalized spacial score (nSPS) is 28.3. The van der Waals surface area contributed by atoms with Crippen LogP contribution < -0.4 is 5.73 Å². The summed E-state index contributed by atoms with van der Waals surface area (Å²) in [6.07, 6.45) is 2.06. The van der Waals surface area contributed by atoms with Crippen molar-refractivity contribution in [3.05, 3.63) is 0 Å². The fourth-order valence-corrected chi connectivity index (χ4v) is 1.68. The zero-order valence-corrected chi connectivity index (χ0v) is 8.58. The van der Waals surface area contributed by atoms with Crippen LogP contribution in [0.1, 0.15) is 26.7 Å². The fraction of sp³-hybridized carbons (Fsp3) is 0.900. The first-order chi connectivity index (χ1) is 6.03. The van der Waals surface area contributed by atoms with E-state index in [-0.39, 0.29) is 0 Å². The van der Waals surface area contributed by atoms with Crippen molar-refractivity contribution >= 4 is 0 Å². The van der Waals surface area contributed by atoms with E-state index >= 15 is 0 Å². The Bertz CT molecular complexity index is 205. The number of likely N-dealkylation sites (tertiary alicyclic amines) is 1. The molecule has 1 aliphatic heterocycles. The number of nitrogens with two attached hydrogens (primary N) is 1. The number of rotatable bonds is 3. The van der Waals surface area contributed by atoms with Gasteiger partial charge in [0.1, 0.15) is 5.54 Å². The third-order valence-electron chi connectivity index (χ3n) is 2.71. The summed E-state index contributed by atoms with van der Waals surface area (Å²) >= 11 is 0. The van der Waals surface area contributed by atoms with E-state index in [4.69, 9.17) is 11.0 Å². The minimum Gasteiger partial charge on any atom is -0.314 e. The second kappa shape index (κ2) is 4.08. The molecule has 2 N–H and O–H groups in total. The SMILES string of the molecule is CC1CCN(CCC(C)(N)C#N)C1. The van der Waals surface area contributed by atoms with Crippen molar-refractivity contribution in [2.24, 2.45) is 11.7 Å². The van der Waals surface area contributed by atoms with E-state index in [1.807, 2.05) is 0 Å². The van der Waals surface area contributed by atoms with Crippen molar-refractivity contribution < 1.29 is 0 Å². The molecule has 0 aromatic heterocycles. The van der Waals surface area contributed by atoms with Crippen molar-refractivity contribution in [3.63, 3.8) is 0 Å². The van der Waals surface area contributed by atoms with E-state index in [1.54, 1.807) is 6.92 Å². The maximum atomic E-state index is 8.73. The molecule has 0 spiro atoms. The molecule has 0 aromatic rings. The van der Waals surface area contributed by atoms with Crippen LogP contribution in [-0.4, -0.2) is 30.1 Å². The van der Waals surface area contributed by atoms with E-state index in [9.17, 15) is 0 Å². The Morgan fingerprint density at radius 3 is 2.85 bits per heavy atom. The van der Waals surface area contributed by atoms with Crippen LogP contribution in [0.5, 0.6) is 0 Å². The highest BCUT2D eigenvalue weighted by atomic mass is 15.1. The van der Waals surface area contributed by atoms with Crippen LogP contribution in [0.4, 0.5) is 0 Å². The largest absolute Gasteiger partial charge is 0.314 e. The van der Waals surface area contributed by atoms with Gasteiger partial charge in [-0.2, -0.15) is 5.26 Å². The average Bonchev–Trinajstić information content (AvgIpc) is 2.48. The lowest BCUT2D eigenvalue weighted by Gasteiger charge is -2.20. The van der Waals surface area contributed by atoms with Crippen LogP contribution in [0.25, 0.3) is 0 Å². The zero-order valence-electron chi connectivity index (χ0n) is 8.58. The molecule has 1 aliphatic rings. The van der Waals surface area contributed by atoms with Gasteiger partial charge >= 0.3 is 0 Å². The summed E-state index contributed by atoms with van der Waals surface area (Å²) in [4.78, 5) is 2.40. The Labute approximate surface area is 80.5 Å². The molecule has 0 aromatic carbocycles. The minimum atomic E-state index is -0.647. The maximum Gasteiger partial charge on any atom is 0.102 e. The van der Waals surface area contributed by atoms with Gasteiger partial charge in [0.25, 0.3) is 0 Å². The van der Waals surface area contributed by atoms with Gasteiger partial charge in [-0.05, 0) is 32.2 Å². The van der Waals surface area contributed by atoms with Crippen LogP contribution in [0.2, 0.25) is 0 Å². The van der Waals surface area contributed by atoms with Crippen molar-refractivity contribution in [2.75, 3.05) is 19.6 Å². The highest BCUT2D eigenvalue weighted by Crippen LogP contribution is 2.16. The van der Waals surface area contributed by atoms with Crippen molar-refractivity contribution in [1.29, 1.82) is 5.26 Å². The summed E-state index contributed by atoms with van der Waals surface area (Å²) in [6.45, 7) is 7.37. The minimum absolute atomic E-state index is 0.647. The first kappa shape index (κ1) is 10.5. The van der Waals surface area contributed by atoms with Gasteiger partial charge in [0.15, 0.2) is 0 Å². The predicted octanol–water partition coefficient (Wildman–Crippen LogP) is 0.959. The Kier molecular flexibility index (Phi) is 3.29. The van der Waals surface area contributed by atoms with Gasteiger partial charge in [0, 0.05) is 13.1 Å². The van der Waals surface area contributed by atoms with E-state index < -0.39 is 5.54 Å². The number of hydrogen-bond acceptors (Lipinski definition) is 3. The topological polar surface area (TPSA) is 53.0 Å². The van der Waals surface area contributed by atoms with Crippen molar-refractivity contribution in [3.8, 4) is 6.07 Å². The average molecular weight is 181 g/mol. The van der Waals surface area contributed by atoms with Crippen molar-refractivity contribution in [1.82, 2.24) is 4.90 Å². The third-order valence-corrected chi connectivity index (χ3v) is 2.71. The molecular weight excluding hydrogens is 162 g/mol. The van der Waals surface area contributed by atoms with Gasteiger partial charge in [-0.15, -0.1) is 0 Å². The molecule has 2 atom stereocenters. The smallest absolute Gasteiger partial charge is 0.102 e. The molecule has 0 aliphatic carbocycles. The second-order valence-electron chi connectivity index (χ2n) is 4.47. The van der Waals surface area contributed by atoms with Crippen LogP contribution in [0.15, 0.2) is 0 Å². The maximum absolute atomic E-state index is 8.73. The van der Waals surface area contributed by atoms with Crippen LogP contribution in [-0.2, 0) is 0 Å². The fourth-order valence-electron chi connectivity index (χ4n) is 1.68. The Morgan fingerprint density at radius 2 is 2.38 bits per heavy atom. The molecule has 0 bridgehead atoms. The molecule has 2 unspecified atom stereocenters. The third kappa shape index (κ3) is 3.33. The number of nitrogens with zero attached hydrogens (tertiary/aromatic N) is 2. The molecule has 3 heteroatoms. The highest BCUT2D eigenvalue weighted by molar-refractivity contribution is 5.01. The summed E-state index contributed by atoms with van der Waals surface area (Å²) in [5.74, 6) is 0.811. The molecule has 13 heavy (non-hydrogen) atoms. The summed E-state index contributed by atoms with van der Waals surface area (Å²) in [5, 5.41) is 8.73. The summed E-state index contributed by atoms with van der Waals surface area (Å²) in [7, 11) is 0. The summed E-state index contributed by atoms with van der Waals surface area (Å²) in [5.41, 5.74) is 5.09. The number of hydrogen-bond donors (Lipinski definition) is 1. The number of nitriles is 1. The molecule has 3 nitrogen and oxygen atoms in total. The van der Waals surface area contributed by atoms with Crippen LogP contribution in [0.3, 0.4) is 0 Å². The molecule has 1 saturated heterocycles. The molecule has 0 radical (unpaired) electrons. The Morgan fingerprint density at radius 1 is 1.69 bits per heavy atom. The summed E-state index contributed by atoms with van der Waals surface area (Å²) < 4.78 is 0. The molecule has 0 amide bonds. The van der Waals surface area contributed by atoms with E-state index in [1.165, 1.54) is 19.5 Å². The molecule has 0 saturated carbocycles. The monoisotopic (exact) mass is 181 g/mol. The molecule has 1 fully saturated rings. The van der Waals surface area contributed by atoms with Crippen LogP contribution in [0, 0.1) is 17.2 Å². The standard InChI is InChI=1S/C10H19N3/c1-9-3-5-13(7-9)6-4-10(2,12)8-11/h9H,3-7,12H2,1-2H3. The van der Waals surface area contributed by atoms with Gasteiger partial charge in [0.2, 0.25) is 0 Å². The Balaban J connectivity index is 2.24. The van der Waals surface area contributed by atoms with Crippen molar-refractivity contribution in [2.45, 2.75) is 32.2 Å². The van der Waals surface area contributed by atoms with E-state index in [0.717, 1.165) is 18.9 Å². The van der Waals surface area contributed by atoms with Crippen LogP contribution >= 0.6 is 0 Å². The van der Waals surface area contributed by atoms with Gasteiger partial charge in [-0.1, -0.05) is 6.92 Å². The molecule has 1 rings (SSSR count). The van der Waals surface area contributed by atoms with E-state index in [0.29, 0.717) is 0 Å². The van der Waals surface area contributed by atoms with Gasteiger partial charge in [0.05, 0.1) is 6.07 Å². The van der Waals surface area contributed by atoms with Gasteiger partial charge < -0.3 is 10.6 Å². The molecular formula is C10H19N3. The first-order valence-electron chi connectivity index (χ1n) is 4.96. The highest BCUT2D eigenvalue weighted by Gasteiger charge is 2.22. The first-order valence-corrected chi connectivity index (χ1v) is 4.96. The quantitative estimate of drug-likeness (QED) is 0.705. The molecule has 74 valence electrons. The second-order valence-corrected chi connectivity index (χ2v) is 4.47.